The van der Waals surface area contributed by atoms with Gasteiger partial charge in [0.2, 0.25) is 17.7 Å². The van der Waals surface area contributed by atoms with Crippen molar-refractivity contribution in [2.75, 3.05) is 6.61 Å². The summed E-state index contributed by atoms with van der Waals surface area (Å²) in [6.45, 7) is 1.83. The number of carbonyl (C=O) groups excluding carboxylic acids is 2. The summed E-state index contributed by atoms with van der Waals surface area (Å²) < 4.78 is 82.8. The minimum atomic E-state index is -4.71. The fraction of sp³-hybridized carbons (Fsp3) is 0.435. The first-order chi connectivity index (χ1) is 16.7. The van der Waals surface area contributed by atoms with Crippen molar-refractivity contribution in [2.24, 2.45) is 5.92 Å². The lowest BCUT2D eigenvalue weighted by Crippen LogP contribution is -2.47. The van der Waals surface area contributed by atoms with Crippen molar-refractivity contribution in [3.8, 4) is 5.88 Å². The van der Waals surface area contributed by atoms with Gasteiger partial charge in [-0.05, 0) is 23.3 Å². The number of amides is 2. The van der Waals surface area contributed by atoms with Gasteiger partial charge in [-0.15, -0.1) is 0 Å². The van der Waals surface area contributed by atoms with Crippen LogP contribution in [0.1, 0.15) is 54.7 Å². The second kappa shape index (κ2) is 10.7. The Labute approximate surface area is 202 Å². The number of hydrogen-bond donors (Lipinski definition) is 3. The van der Waals surface area contributed by atoms with E-state index in [0.29, 0.717) is 11.1 Å². The Morgan fingerprint density at radius 2 is 1.89 bits per heavy atom. The van der Waals surface area contributed by atoms with E-state index >= 15 is 0 Å². The summed E-state index contributed by atoms with van der Waals surface area (Å²) in [5, 5.41) is 8.07. The molecule has 7 nitrogen and oxygen atoms in total. The highest BCUT2D eigenvalue weighted by Gasteiger charge is 2.38. The van der Waals surface area contributed by atoms with E-state index < -0.39 is 42.6 Å². The van der Waals surface area contributed by atoms with E-state index in [1.54, 1.807) is 13.8 Å². The summed E-state index contributed by atoms with van der Waals surface area (Å²) in [7, 11) is 0. The SMILES string of the molecule is CC(C)C(=O)NCc1ccc(C(F)(F)F)c(C2NC(=O)CC(c3ccc(OCC(F)(F)F)nc3)N2)c1. The van der Waals surface area contributed by atoms with Gasteiger partial charge in [0.1, 0.15) is 6.17 Å². The minimum Gasteiger partial charge on any atom is -0.468 e. The number of nitrogens with one attached hydrogen (secondary N) is 3. The zero-order valence-electron chi connectivity index (χ0n) is 19.3. The van der Waals surface area contributed by atoms with E-state index in [-0.39, 0.29) is 36.2 Å². The Morgan fingerprint density at radius 1 is 1.17 bits per heavy atom. The molecule has 36 heavy (non-hydrogen) atoms. The summed E-state index contributed by atoms with van der Waals surface area (Å²) in [5.74, 6) is -1.40. The number of rotatable bonds is 7. The van der Waals surface area contributed by atoms with Crippen LogP contribution in [0, 0.1) is 5.92 Å². The third kappa shape index (κ3) is 7.33. The summed E-state index contributed by atoms with van der Waals surface area (Å²) in [6.07, 6.45) is -9.42. The molecule has 0 spiro atoms. The van der Waals surface area contributed by atoms with Crippen LogP contribution in [-0.2, 0) is 22.3 Å². The molecule has 0 aliphatic carbocycles. The molecule has 0 saturated carbocycles. The summed E-state index contributed by atoms with van der Waals surface area (Å²) in [4.78, 5) is 28.0. The third-order valence-corrected chi connectivity index (χ3v) is 5.33. The second-order valence-corrected chi connectivity index (χ2v) is 8.55. The summed E-state index contributed by atoms with van der Waals surface area (Å²) in [5.41, 5.74) is -0.426. The highest BCUT2D eigenvalue weighted by Crippen LogP contribution is 2.36. The van der Waals surface area contributed by atoms with Crippen LogP contribution in [0.15, 0.2) is 36.5 Å². The van der Waals surface area contributed by atoms with E-state index in [4.69, 9.17) is 0 Å². The average Bonchev–Trinajstić information content (AvgIpc) is 2.79. The van der Waals surface area contributed by atoms with E-state index in [1.165, 1.54) is 30.5 Å². The molecule has 196 valence electrons. The highest BCUT2D eigenvalue weighted by molar-refractivity contribution is 5.78. The third-order valence-electron chi connectivity index (χ3n) is 5.33. The number of alkyl halides is 6. The van der Waals surface area contributed by atoms with Gasteiger partial charge in [0.25, 0.3) is 0 Å². The number of ether oxygens (including phenoxy) is 1. The van der Waals surface area contributed by atoms with Crippen LogP contribution in [0.4, 0.5) is 26.3 Å². The van der Waals surface area contributed by atoms with Gasteiger partial charge >= 0.3 is 12.4 Å². The molecular weight excluding hydrogens is 494 g/mol. The summed E-state index contributed by atoms with van der Waals surface area (Å²) >= 11 is 0. The zero-order chi connectivity index (χ0) is 26.7. The van der Waals surface area contributed by atoms with Gasteiger partial charge in [0, 0.05) is 42.8 Å². The minimum absolute atomic E-state index is 0.00441. The summed E-state index contributed by atoms with van der Waals surface area (Å²) in [6, 6.07) is 5.20. The molecule has 1 aromatic heterocycles. The molecular formula is C23H24F6N4O3. The molecule has 1 aliphatic heterocycles. The quantitative estimate of drug-likeness (QED) is 0.479. The van der Waals surface area contributed by atoms with Crippen LogP contribution in [0.2, 0.25) is 0 Å². The van der Waals surface area contributed by atoms with Crippen molar-refractivity contribution < 1.29 is 40.7 Å². The van der Waals surface area contributed by atoms with Crippen molar-refractivity contribution in [1.29, 1.82) is 0 Å². The molecule has 1 aliphatic rings. The van der Waals surface area contributed by atoms with Crippen LogP contribution in [0.25, 0.3) is 0 Å². The number of hydrogen-bond acceptors (Lipinski definition) is 5. The standard InChI is InChI=1S/C23H24F6N4O3/c1-12(2)21(35)31-9-13-3-5-16(23(27,28)29)15(7-13)20-32-17(8-18(34)33-20)14-4-6-19(30-10-14)36-11-22(24,25)26/h3-7,10,12,17,20,32H,8-9,11H2,1-2H3,(H,31,35)(H,33,34). The maximum Gasteiger partial charge on any atom is 0.422 e. The lowest BCUT2D eigenvalue weighted by atomic mass is 9.96. The smallest absolute Gasteiger partial charge is 0.422 e. The monoisotopic (exact) mass is 518 g/mol. The van der Waals surface area contributed by atoms with Crippen LogP contribution in [0.3, 0.4) is 0 Å². The molecule has 2 amide bonds. The van der Waals surface area contributed by atoms with Crippen LogP contribution < -0.4 is 20.7 Å². The molecule has 1 fully saturated rings. The number of benzene rings is 1. The molecule has 1 aromatic carbocycles. The maximum absolute atomic E-state index is 13.8. The molecule has 2 unspecified atom stereocenters. The van der Waals surface area contributed by atoms with E-state index in [9.17, 15) is 35.9 Å². The first-order valence-corrected chi connectivity index (χ1v) is 10.9. The highest BCUT2D eigenvalue weighted by atomic mass is 19.4. The lowest BCUT2D eigenvalue weighted by Gasteiger charge is -2.33. The van der Waals surface area contributed by atoms with Gasteiger partial charge in [-0.1, -0.05) is 26.0 Å². The van der Waals surface area contributed by atoms with Crippen molar-refractivity contribution in [2.45, 2.75) is 51.4 Å². The first kappa shape index (κ1) is 27.2. The number of pyridine rings is 1. The molecule has 3 N–H and O–H groups in total. The van der Waals surface area contributed by atoms with Crippen LogP contribution in [-0.4, -0.2) is 29.6 Å². The molecule has 1 saturated heterocycles. The van der Waals surface area contributed by atoms with E-state index in [2.05, 4.69) is 25.7 Å². The Bertz CT molecular complexity index is 1090. The van der Waals surface area contributed by atoms with Gasteiger partial charge in [0.15, 0.2) is 6.61 Å². The Kier molecular flexibility index (Phi) is 8.12. The van der Waals surface area contributed by atoms with E-state index in [1.807, 2.05) is 0 Å². The average molecular weight is 518 g/mol. The Balaban J connectivity index is 1.83. The van der Waals surface area contributed by atoms with Crippen LogP contribution >= 0.6 is 0 Å². The first-order valence-electron chi connectivity index (χ1n) is 10.9. The van der Waals surface area contributed by atoms with E-state index in [0.717, 1.165) is 6.07 Å². The molecule has 0 radical (unpaired) electrons. The fourth-order valence-electron chi connectivity index (χ4n) is 3.54. The topological polar surface area (TPSA) is 92.4 Å². The Morgan fingerprint density at radius 3 is 2.47 bits per heavy atom. The number of aromatic nitrogens is 1. The van der Waals surface area contributed by atoms with Gasteiger partial charge < -0.3 is 15.4 Å². The number of carbonyl (C=O) groups is 2. The predicted molar refractivity (Wildman–Crippen MR) is 115 cm³/mol. The fourth-order valence-corrected chi connectivity index (χ4v) is 3.54. The number of halogens is 6. The van der Waals surface area contributed by atoms with Crippen LogP contribution in [0.5, 0.6) is 5.88 Å². The normalized spacial score (nSPS) is 18.6. The molecule has 2 aromatic rings. The Hall–Kier alpha value is -3.35. The molecule has 13 heteroatoms. The predicted octanol–water partition coefficient (Wildman–Crippen LogP) is 4.16. The largest absolute Gasteiger partial charge is 0.468 e. The van der Waals surface area contributed by atoms with Gasteiger partial charge in [-0.2, -0.15) is 26.3 Å². The molecule has 2 atom stereocenters. The molecule has 3 rings (SSSR count). The van der Waals surface area contributed by atoms with Crippen molar-refractivity contribution in [3.05, 3.63) is 58.8 Å². The molecule has 2 heterocycles. The van der Waals surface area contributed by atoms with Gasteiger partial charge in [-0.3, -0.25) is 14.9 Å². The zero-order valence-corrected chi connectivity index (χ0v) is 19.3. The molecule has 0 bridgehead atoms. The van der Waals surface area contributed by atoms with Crippen molar-refractivity contribution >= 4 is 11.8 Å². The lowest BCUT2D eigenvalue weighted by molar-refractivity contribution is -0.154. The van der Waals surface area contributed by atoms with Gasteiger partial charge in [-0.25, -0.2) is 4.98 Å². The second-order valence-electron chi connectivity index (χ2n) is 8.55. The number of nitrogens with zero attached hydrogens (tertiary/aromatic N) is 1. The maximum atomic E-state index is 13.8. The van der Waals surface area contributed by atoms with Crippen molar-refractivity contribution in [1.82, 2.24) is 20.9 Å². The van der Waals surface area contributed by atoms with Crippen molar-refractivity contribution in [3.63, 3.8) is 0 Å². The van der Waals surface area contributed by atoms with Gasteiger partial charge in [0.05, 0.1) is 5.56 Å².